The molecule has 0 amide bonds. The molecule has 92 valence electrons. The Morgan fingerprint density at radius 1 is 0.765 bits per heavy atom. The molecule has 0 atom stereocenters. The molecule has 2 rings (SSSR count). The molecule has 0 radical (unpaired) electrons. The molecule has 0 aromatic heterocycles. The summed E-state index contributed by atoms with van der Waals surface area (Å²) in [6, 6.07) is 0. The van der Waals surface area contributed by atoms with Gasteiger partial charge in [0.2, 0.25) is 0 Å². The van der Waals surface area contributed by atoms with E-state index in [0.717, 1.165) is 6.42 Å². The molecule has 0 unspecified atom stereocenters. The number of rotatable bonds is 1. The smallest absolute Gasteiger partial charge is 0.0589 e. The van der Waals surface area contributed by atoms with Gasteiger partial charge >= 0.3 is 0 Å². The summed E-state index contributed by atoms with van der Waals surface area (Å²) < 4.78 is 0. The van der Waals surface area contributed by atoms with Gasteiger partial charge in [0.1, 0.15) is 0 Å². The molecule has 0 saturated heterocycles. The van der Waals surface area contributed by atoms with Crippen LogP contribution in [-0.2, 0) is 0 Å². The highest BCUT2D eigenvalue weighted by molar-refractivity contribution is 5.95. The fraction of sp³-hybridized carbons (Fsp3) is 0.562. The van der Waals surface area contributed by atoms with Crippen molar-refractivity contribution in [3.63, 3.8) is 0 Å². The summed E-state index contributed by atoms with van der Waals surface area (Å²) in [6.45, 7) is 0. The predicted molar refractivity (Wildman–Crippen MR) is 75.4 cm³/mol. The highest BCUT2D eigenvalue weighted by atomic mass is 14.7. The highest BCUT2D eigenvalue weighted by Gasteiger charge is 2.01. The van der Waals surface area contributed by atoms with Crippen LogP contribution in [-0.4, -0.2) is 5.71 Å². The van der Waals surface area contributed by atoms with E-state index >= 15 is 0 Å². The van der Waals surface area contributed by atoms with E-state index in [-0.39, 0.29) is 0 Å². The Morgan fingerprint density at radius 3 is 2.47 bits per heavy atom. The first-order valence-corrected chi connectivity index (χ1v) is 7.06. The first-order valence-electron chi connectivity index (χ1n) is 7.06. The molecular formula is C16H23N. The molecular weight excluding hydrogens is 206 g/mol. The molecule has 0 saturated carbocycles. The number of hydrogen-bond donors (Lipinski definition) is 0. The third kappa shape index (κ3) is 4.72. The topological polar surface area (TPSA) is 12.4 Å². The van der Waals surface area contributed by atoms with Gasteiger partial charge in [-0.05, 0) is 63.5 Å². The lowest BCUT2D eigenvalue weighted by Gasteiger charge is -2.07. The lowest BCUT2D eigenvalue weighted by Crippen LogP contribution is -1.97. The van der Waals surface area contributed by atoms with Crippen LogP contribution in [0.2, 0.25) is 0 Å². The van der Waals surface area contributed by atoms with Gasteiger partial charge in [0.05, 0.1) is 5.70 Å². The number of hydrogen-bond acceptors (Lipinski definition) is 1. The van der Waals surface area contributed by atoms with Gasteiger partial charge in [-0.25, -0.2) is 0 Å². The Labute approximate surface area is 105 Å². The van der Waals surface area contributed by atoms with Crippen molar-refractivity contribution in [2.75, 3.05) is 0 Å². The molecule has 17 heavy (non-hydrogen) atoms. The number of aliphatic imine (C=N–C) groups is 1. The van der Waals surface area contributed by atoms with Crippen LogP contribution in [0.3, 0.4) is 0 Å². The van der Waals surface area contributed by atoms with Crippen LogP contribution in [0.5, 0.6) is 0 Å². The minimum atomic E-state index is 1.14. The van der Waals surface area contributed by atoms with Gasteiger partial charge in [-0.15, -0.1) is 0 Å². The second kappa shape index (κ2) is 7.26. The average molecular weight is 229 g/mol. The van der Waals surface area contributed by atoms with Crippen molar-refractivity contribution in [2.45, 2.75) is 57.8 Å². The SMILES string of the molecule is C1=CC(N=C2C=CCCCCC2)=CCCCC1. The van der Waals surface area contributed by atoms with Crippen LogP contribution in [0.4, 0.5) is 0 Å². The fourth-order valence-corrected chi connectivity index (χ4v) is 2.32. The molecule has 2 aliphatic carbocycles. The lowest BCUT2D eigenvalue weighted by molar-refractivity contribution is 0.701. The predicted octanol–water partition coefficient (Wildman–Crippen LogP) is 4.96. The van der Waals surface area contributed by atoms with Crippen molar-refractivity contribution in [2.24, 2.45) is 4.99 Å². The largest absolute Gasteiger partial charge is 0.254 e. The summed E-state index contributed by atoms with van der Waals surface area (Å²) >= 11 is 0. The van der Waals surface area contributed by atoms with E-state index < -0.39 is 0 Å². The zero-order chi connectivity index (χ0) is 11.8. The van der Waals surface area contributed by atoms with Gasteiger partial charge in [0.25, 0.3) is 0 Å². The van der Waals surface area contributed by atoms with Crippen molar-refractivity contribution >= 4 is 5.71 Å². The molecule has 2 aliphatic rings. The highest BCUT2D eigenvalue weighted by Crippen LogP contribution is 2.15. The second-order valence-corrected chi connectivity index (χ2v) is 4.92. The zero-order valence-electron chi connectivity index (χ0n) is 10.7. The summed E-state index contributed by atoms with van der Waals surface area (Å²) in [5.41, 5.74) is 2.44. The maximum atomic E-state index is 4.80. The summed E-state index contributed by atoms with van der Waals surface area (Å²) in [6.07, 6.45) is 22.6. The maximum absolute atomic E-state index is 4.80. The summed E-state index contributed by atoms with van der Waals surface area (Å²) in [5, 5.41) is 0. The standard InChI is InChI=1S/C16H23N/c1-3-7-11-15(12-8-4-1)17-16-13-9-5-2-6-10-14-16/h7,9,11-13H,1-6,8,10,14H2. The van der Waals surface area contributed by atoms with E-state index in [9.17, 15) is 0 Å². The summed E-state index contributed by atoms with van der Waals surface area (Å²) in [4.78, 5) is 4.80. The molecule has 0 aliphatic heterocycles. The van der Waals surface area contributed by atoms with Gasteiger partial charge < -0.3 is 0 Å². The third-order valence-corrected chi connectivity index (χ3v) is 3.35. The molecule has 0 aromatic rings. The van der Waals surface area contributed by atoms with E-state index in [1.54, 1.807) is 0 Å². The van der Waals surface area contributed by atoms with Crippen molar-refractivity contribution in [1.82, 2.24) is 0 Å². The van der Waals surface area contributed by atoms with E-state index in [0.29, 0.717) is 0 Å². The molecule has 0 fully saturated rings. The molecule has 1 nitrogen and oxygen atoms in total. The quantitative estimate of drug-likeness (QED) is 0.602. The number of allylic oxidation sites excluding steroid dienone is 5. The average Bonchev–Trinajstić information content (AvgIpc) is 2.24. The van der Waals surface area contributed by atoms with Crippen molar-refractivity contribution in [3.05, 3.63) is 36.1 Å². The van der Waals surface area contributed by atoms with Crippen LogP contribution in [0.25, 0.3) is 0 Å². The van der Waals surface area contributed by atoms with Crippen LogP contribution in [0, 0.1) is 0 Å². The summed E-state index contributed by atoms with van der Waals surface area (Å²) in [5.74, 6) is 0. The Morgan fingerprint density at radius 2 is 1.53 bits per heavy atom. The summed E-state index contributed by atoms with van der Waals surface area (Å²) in [7, 11) is 0. The maximum Gasteiger partial charge on any atom is 0.0589 e. The number of nitrogens with zero attached hydrogens (tertiary/aromatic N) is 1. The van der Waals surface area contributed by atoms with Crippen LogP contribution >= 0.6 is 0 Å². The molecule has 0 heterocycles. The fourth-order valence-electron chi connectivity index (χ4n) is 2.32. The Balaban J connectivity index is 2.06. The first-order chi connectivity index (χ1) is 8.45. The van der Waals surface area contributed by atoms with E-state index in [1.165, 1.54) is 62.8 Å². The lowest BCUT2D eigenvalue weighted by atomic mass is 10.0. The second-order valence-electron chi connectivity index (χ2n) is 4.92. The first kappa shape index (κ1) is 12.3. The molecule has 1 heteroatoms. The van der Waals surface area contributed by atoms with E-state index in [2.05, 4.69) is 30.4 Å². The third-order valence-electron chi connectivity index (χ3n) is 3.35. The molecule has 0 N–H and O–H groups in total. The van der Waals surface area contributed by atoms with E-state index in [1.807, 2.05) is 0 Å². The van der Waals surface area contributed by atoms with Gasteiger partial charge in [0.15, 0.2) is 0 Å². The van der Waals surface area contributed by atoms with Crippen molar-refractivity contribution < 1.29 is 0 Å². The Kier molecular flexibility index (Phi) is 5.28. The Hall–Kier alpha value is -1.11. The Bertz CT molecular complexity index is 345. The molecule has 0 aromatic carbocycles. The molecule has 0 bridgehead atoms. The van der Waals surface area contributed by atoms with Crippen LogP contribution in [0.15, 0.2) is 41.1 Å². The molecule has 0 spiro atoms. The van der Waals surface area contributed by atoms with Gasteiger partial charge in [-0.1, -0.05) is 24.6 Å². The minimum Gasteiger partial charge on any atom is -0.254 e. The van der Waals surface area contributed by atoms with Gasteiger partial charge in [0, 0.05) is 5.71 Å². The van der Waals surface area contributed by atoms with Gasteiger partial charge in [-0.2, -0.15) is 0 Å². The van der Waals surface area contributed by atoms with Crippen molar-refractivity contribution in [3.8, 4) is 0 Å². The minimum absolute atomic E-state index is 1.14. The van der Waals surface area contributed by atoms with Crippen molar-refractivity contribution in [1.29, 1.82) is 0 Å². The zero-order valence-corrected chi connectivity index (χ0v) is 10.7. The van der Waals surface area contributed by atoms with E-state index in [4.69, 9.17) is 4.99 Å². The van der Waals surface area contributed by atoms with Crippen LogP contribution < -0.4 is 0 Å². The monoisotopic (exact) mass is 229 g/mol. The van der Waals surface area contributed by atoms with Gasteiger partial charge in [-0.3, -0.25) is 4.99 Å². The van der Waals surface area contributed by atoms with Crippen LogP contribution in [0.1, 0.15) is 57.8 Å². The normalized spacial score (nSPS) is 24.7.